The van der Waals surface area contributed by atoms with Crippen LogP contribution < -0.4 is 11.1 Å². The molecular formula is C17H20N2O2. The first kappa shape index (κ1) is 14.9. The van der Waals surface area contributed by atoms with Crippen LogP contribution >= 0.6 is 0 Å². The highest BCUT2D eigenvalue weighted by Crippen LogP contribution is 2.25. The van der Waals surface area contributed by atoms with E-state index in [4.69, 9.17) is 10.5 Å². The Bertz CT molecular complexity index is 646. The standard InChI is InChI=1S/C17H20N2O2/c1-4-21-17(20)15-10-13(18)5-6-16(15)19-14-8-11(2)7-12(3)9-14/h5-10,19H,4,18H2,1-3H3. The van der Waals surface area contributed by atoms with Gasteiger partial charge in [-0.15, -0.1) is 0 Å². The van der Waals surface area contributed by atoms with E-state index >= 15 is 0 Å². The van der Waals surface area contributed by atoms with Gasteiger partial charge in [0.05, 0.1) is 17.9 Å². The first-order chi connectivity index (χ1) is 9.99. The van der Waals surface area contributed by atoms with Gasteiger partial charge in [-0.2, -0.15) is 0 Å². The van der Waals surface area contributed by atoms with Gasteiger partial charge in [-0.3, -0.25) is 0 Å². The highest BCUT2D eigenvalue weighted by atomic mass is 16.5. The van der Waals surface area contributed by atoms with Gasteiger partial charge in [0.2, 0.25) is 0 Å². The lowest BCUT2D eigenvalue weighted by Gasteiger charge is -2.13. The van der Waals surface area contributed by atoms with E-state index in [2.05, 4.69) is 11.4 Å². The molecule has 0 radical (unpaired) electrons. The van der Waals surface area contributed by atoms with Crippen LogP contribution in [0.2, 0.25) is 0 Å². The van der Waals surface area contributed by atoms with Crippen LogP contribution in [0.4, 0.5) is 17.1 Å². The van der Waals surface area contributed by atoms with Crippen molar-refractivity contribution in [3.63, 3.8) is 0 Å². The van der Waals surface area contributed by atoms with E-state index in [9.17, 15) is 4.79 Å². The number of esters is 1. The second-order valence-corrected chi connectivity index (χ2v) is 5.03. The number of benzene rings is 2. The van der Waals surface area contributed by atoms with E-state index in [0.717, 1.165) is 16.8 Å². The van der Waals surface area contributed by atoms with Crippen molar-refractivity contribution in [2.24, 2.45) is 0 Å². The zero-order valence-corrected chi connectivity index (χ0v) is 12.6. The summed E-state index contributed by atoms with van der Waals surface area (Å²) in [5, 5.41) is 3.26. The number of nitrogen functional groups attached to an aromatic ring is 1. The second-order valence-electron chi connectivity index (χ2n) is 5.03. The molecule has 0 aromatic heterocycles. The summed E-state index contributed by atoms with van der Waals surface area (Å²) in [6.45, 7) is 6.18. The fraction of sp³-hybridized carbons (Fsp3) is 0.235. The molecule has 0 saturated carbocycles. The Kier molecular flexibility index (Phi) is 4.48. The van der Waals surface area contributed by atoms with Crippen molar-refractivity contribution >= 4 is 23.0 Å². The molecule has 0 spiro atoms. The average Bonchev–Trinajstić information content (AvgIpc) is 2.40. The second kappa shape index (κ2) is 6.31. The third-order valence-electron chi connectivity index (χ3n) is 3.04. The number of rotatable bonds is 4. The van der Waals surface area contributed by atoms with Gasteiger partial charge in [0, 0.05) is 11.4 Å². The number of aryl methyl sites for hydroxylation is 2. The van der Waals surface area contributed by atoms with Gasteiger partial charge in [0.1, 0.15) is 0 Å². The highest BCUT2D eigenvalue weighted by Gasteiger charge is 2.13. The Morgan fingerprint density at radius 3 is 2.43 bits per heavy atom. The smallest absolute Gasteiger partial charge is 0.340 e. The molecule has 0 aliphatic heterocycles. The van der Waals surface area contributed by atoms with Gasteiger partial charge < -0.3 is 15.8 Å². The summed E-state index contributed by atoms with van der Waals surface area (Å²) >= 11 is 0. The fourth-order valence-corrected chi connectivity index (χ4v) is 2.25. The molecule has 0 atom stereocenters. The minimum absolute atomic E-state index is 0.330. The van der Waals surface area contributed by atoms with Crippen LogP contribution in [-0.4, -0.2) is 12.6 Å². The van der Waals surface area contributed by atoms with Crippen molar-refractivity contribution in [1.82, 2.24) is 0 Å². The lowest BCUT2D eigenvalue weighted by Crippen LogP contribution is -2.08. The largest absolute Gasteiger partial charge is 0.462 e. The van der Waals surface area contributed by atoms with Crippen LogP contribution in [0.5, 0.6) is 0 Å². The summed E-state index contributed by atoms with van der Waals surface area (Å²) in [6, 6.07) is 11.3. The monoisotopic (exact) mass is 284 g/mol. The quantitative estimate of drug-likeness (QED) is 0.662. The number of nitrogens with two attached hydrogens (primary N) is 1. The normalized spacial score (nSPS) is 10.2. The van der Waals surface area contributed by atoms with Gasteiger partial charge in [0.25, 0.3) is 0 Å². The van der Waals surface area contributed by atoms with E-state index < -0.39 is 0 Å². The number of carbonyl (C=O) groups is 1. The van der Waals surface area contributed by atoms with E-state index in [1.54, 1.807) is 25.1 Å². The number of carbonyl (C=O) groups excluding carboxylic acids is 1. The molecule has 21 heavy (non-hydrogen) atoms. The van der Waals surface area contributed by atoms with E-state index in [0.29, 0.717) is 23.5 Å². The molecule has 110 valence electrons. The van der Waals surface area contributed by atoms with Crippen molar-refractivity contribution in [1.29, 1.82) is 0 Å². The molecule has 0 unspecified atom stereocenters. The Morgan fingerprint density at radius 2 is 1.81 bits per heavy atom. The first-order valence-corrected chi connectivity index (χ1v) is 6.91. The molecule has 4 nitrogen and oxygen atoms in total. The molecule has 2 aromatic rings. The Labute approximate surface area is 124 Å². The van der Waals surface area contributed by atoms with Gasteiger partial charge in [-0.05, 0) is 62.2 Å². The summed E-state index contributed by atoms with van der Waals surface area (Å²) in [5.74, 6) is -0.378. The summed E-state index contributed by atoms with van der Waals surface area (Å²) in [4.78, 5) is 12.0. The van der Waals surface area contributed by atoms with Gasteiger partial charge in [-0.1, -0.05) is 6.07 Å². The van der Waals surface area contributed by atoms with Gasteiger partial charge in [-0.25, -0.2) is 4.79 Å². The van der Waals surface area contributed by atoms with Gasteiger partial charge >= 0.3 is 5.97 Å². The number of anilines is 3. The molecule has 2 aromatic carbocycles. The summed E-state index contributed by atoms with van der Waals surface area (Å²) in [7, 11) is 0. The lowest BCUT2D eigenvalue weighted by atomic mass is 10.1. The van der Waals surface area contributed by atoms with Crippen molar-refractivity contribution in [2.75, 3.05) is 17.7 Å². The van der Waals surface area contributed by atoms with Crippen molar-refractivity contribution < 1.29 is 9.53 Å². The third kappa shape index (κ3) is 3.75. The maximum absolute atomic E-state index is 12.0. The van der Waals surface area contributed by atoms with Crippen LogP contribution in [0.25, 0.3) is 0 Å². The molecule has 0 aliphatic carbocycles. The summed E-state index contributed by atoms with van der Waals surface area (Å²) < 4.78 is 5.07. The number of ether oxygens (including phenoxy) is 1. The molecule has 0 bridgehead atoms. The first-order valence-electron chi connectivity index (χ1n) is 6.91. The summed E-state index contributed by atoms with van der Waals surface area (Å²) in [5.41, 5.74) is 10.7. The number of nitrogens with one attached hydrogen (secondary N) is 1. The molecule has 3 N–H and O–H groups in total. The Balaban J connectivity index is 2.37. The molecular weight excluding hydrogens is 264 g/mol. The molecule has 4 heteroatoms. The third-order valence-corrected chi connectivity index (χ3v) is 3.04. The molecule has 0 fully saturated rings. The van der Waals surface area contributed by atoms with Crippen molar-refractivity contribution in [3.05, 3.63) is 53.1 Å². The minimum atomic E-state index is -0.378. The maximum Gasteiger partial charge on any atom is 0.340 e. The molecule has 0 heterocycles. The van der Waals surface area contributed by atoms with E-state index in [1.807, 2.05) is 26.0 Å². The Morgan fingerprint density at radius 1 is 1.14 bits per heavy atom. The SMILES string of the molecule is CCOC(=O)c1cc(N)ccc1Nc1cc(C)cc(C)c1. The molecule has 0 aliphatic rings. The topological polar surface area (TPSA) is 64.3 Å². The minimum Gasteiger partial charge on any atom is -0.462 e. The highest BCUT2D eigenvalue weighted by molar-refractivity contribution is 5.97. The van der Waals surface area contributed by atoms with Crippen LogP contribution in [0.1, 0.15) is 28.4 Å². The zero-order chi connectivity index (χ0) is 15.4. The lowest BCUT2D eigenvalue weighted by molar-refractivity contribution is 0.0527. The predicted octanol–water partition coefficient (Wildman–Crippen LogP) is 3.81. The molecule has 0 saturated heterocycles. The van der Waals surface area contributed by atoms with Crippen LogP contribution in [0, 0.1) is 13.8 Å². The zero-order valence-electron chi connectivity index (χ0n) is 12.6. The fourth-order valence-electron chi connectivity index (χ4n) is 2.25. The van der Waals surface area contributed by atoms with Crippen LogP contribution in [0.15, 0.2) is 36.4 Å². The average molecular weight is 284 g/mol. The molecule has 0 amide bonds. The number of hydrogen-bond donors (Lipinski definition) is 2. The van der Waals surface area contributed by atoms with Crippen LogP contribution in [-0.2, 0) is 4.74 Å². The Hall–Kier alpha value is -2.49. The van der Waals surface area contributed by atoms with Crippen molar-refractivity contribution in [3.8, 4) is 0 Å². The van der Waals surface area contributed by atoms with Crippen molar-refractivity contribution in [2.45, 2.75) is 20.8 Å². The van der Waals surface area contributed by atoms with Crippen LogP contribution in [0.3, 0.4) is 0 Å². The molecule has 2 rings (SSSR count). The summed E-state index contributed by atoms with van der Waals surface area (Å²) in [6.07, 6.45) is 0. The maximum atomic E-state index is 12.0. The number of hydrogen-bond acceptors (Lipinski definition) is 4. The van der Waals surface area contributed by atoms with Gasteiger partial charge in [0.15, 0.2) is 0 Å². The van der Waals surface area contributed by atoms with E-state index in [-0.39, 0.29) is 5.97 Å². The predicted molar refractivity (Wildman–Crippen MR) is 86.0 cm³/mol. The van der Waals surface area contributed by atoms with E-state index in [1.165, 1.54) is 0 Å².